The average Bonchev–Trinajstić information content (AvgIpc) is 2.86. The molecule has 1 aliphatic heterocycles. The molecule has 20 heavy (non-hydrogen) atoms. The molecule has 0 aliphatic carbocycles. The standard InChI is InChI=1S/C15H19BrN4/c1-19(11-13-3-2-4-14(16)18-13)9-12-5-6-15-17-7-8-20(15)10-12/h2-4,7-8,12H,5-6,9-11H2,1H3. The van der Waals surface area contributed by atoms with Crippen LogP contribution in [0, 0.1) is 5.92 Å². The minimum atomic E-state index is 0.703. The number of hydrogen-bond acceptors (Lipinski definition) is 3. The van der Waals surface area contributed by atoms with Gasteiger partial charge in [0.1, 0.15) is 10.4 Å². The second-order valence-electron chi connectivity index (χ2n) is 5.55. The van der Waals surface area contributed by atoms with Crippen LogP contribution in [-0.2, 0) is 19.5 Å². The van der Waals surface area contributed by atoms with E-state index < -0.39 is 0 Å². The fourth-order valence-corrected chi connectivity index (χ4v) is 3.29. The van der Waals surface area contributed by atoms with E-state index in [1.54, 1.807) is 0 Å². The highest BCUT2D eigenvalue weighted by atomic mass is 79.9. The lowest BCUT2D eigenvalue weighted by molar-refractivity contribution is 0.227. The van der Waals surface area contributed by atoms with Gasteiger partial charge in [-0.25, -0.2) is 9.97 Å². The zero-order valence-electron chi connectivity index (χ0n) is 11.7. The van der Waals surface area contributed by atoms with Crippen LogP contribution < -0.4 is 0 Å². The van der Waals surface area contributed by atoms with Crippen LogP contribution in [0.1, 0.15) is 17.9 Å². The van der Waals surface area contributed by atoms with Crippen molar-refractivity contribution in [3.63, 3.8) is 0 Å². The van der Waals surface area contributed by atoms with Gasteiger partial charge in [0.2, 0.25) is 0 Å². The zero-order chi connectivity index (χ0) is 13.9. The molecule has 3 rings (SSSR count). The molecule has 1 atom stereocenters. The second kappa shape index (κ2) is 6.06. The Kier molecular flexibility index (Phi) is 4.17. The molecule has 0 saturated heterocycles. The number of aromatic nitrogens is 3. The van der Waals surface area contributed by atoms with Crippen LogP contribution in [0.15, 0.2) is 35.2 Å². The Labute approximate surface area is 128 Å². The normalized spacial score (nSPS) is 18.2. The third-order valence-electron chi connectivity index (χ3n) is 3.81. The van der Waals surface area contributed by atoms with E-state index in [0.29, 0.717) is 5.92 Å². The molecule has 0 saturated carbocycles. The molecule has 0 radical (unpaired) electrons. The molecular weight excluding hydrogens is 316 g/mol. The number of pyridine rings is 1. The number of hydrogen-bond donors (Lipinski definition) is 0. The molecule has 3 heterocycles. The van der Waals surface area contributed by atoms with Gasteiger partial charge >= 0.3 is 0 Å². The van der Waals surface area contributed by atoms with E-state index in [2.05, 4.69) is 54.7 Å². The highest BCUT2D eigenvalue weighted by molar-refractivity contribution is 9.10. The van der Waals surface area contributed by atoms with Crippen molar-refractivity contribution in [2.24, 2.45) is 5.92 Å². The first kappa shape index (κ1) is 13.8. The molecule has 4 nitrogen and oxygen atoms in total. The summed E-state index contributed by atoms with van der Waals surface area (Å²) in [6, 6.07) is 6.08. The molecule has 0 N–H and O–H groups in total. The monoisotopic (exact) mass is 334 g/mol. The molecule has 2 aromatic rings. The quantitative estimate of drug-likeness (QED) is 0.806. The fourth-order valence-electron chi connectivity index (χ4n) is 2.91. The summed E-state index contributed by atoms with van der Waals surface area (Å²) in [4.78, 5) is 11.2. The maximum Gasteiger partial charge on any atom is 0.108 e. The Morgan fingerprint density at radius 1 is 1.45 bits per heavy atom. The van der Waals surface area contributed by atoms with Crippen molar-refractivity contribution in [2.75, 3.05) is 13.6 Å². The minimum Gasteiger partial charge on any atom is -0.335 e. The first-order valence-corrected chi connectivity index (χ1v) is 7.80. The predicted octanol–water partition coefficient (Wildman–Crippen LogP) is 2.74. The Morgan fingerprint density at radius 2 is 2.35 bits per heavy atom. The Bertz CT molecular complexity index is 581. The summed E-state index contributed by atoms with van der Waals surface area (Å²) in [6.45, 7) is 3.09. The van der Waals surface area contributed by atoms with Crippen molar-refractivity contribution in [3.8, 4) is 0 Å². The molecule has 0 spiro atoms. The van der Waals surface area contributed by atoms with Crippen molar-refractivity contribution in [1.29, 1.82) is 0 Å². The second-order valence-corrected chi connectivity index (χ2v) is 6.36. The summed E-state index contributed by atoms with van der Waals surface area (Å²) < 4.78 is 3.20. The van der Waals surface area contributed by atoms with E-state index in [4.69, 9.17) is 0 Å². The molecule has 0 fully saturated rings. The topological polar surface area (TPSA) is 34.0 Å². The molecular formula is C15H19BrN4. The molecule has 0 amide bonds. The van der Waals surface area contributed by atoms with Gasteiger partial charge in [0.25, 0.3) is 0 Å². The van der Waals surface area contributed by atoms with Crippen molar-refractivity contribution >= 4 is 15.9 Å². The molecule has 0 aromatic carbocycles. The summed E-state index contributed by atoms with van der Waals surface area (Å²) in [6.07, 6.45) is 6.33. The van der Waals surface area contributed by atoms with E-state index in [-0.39, 0.29) is 0 Å². The van der Waals surface area contributed by atoms with Crippen molar-refractivity contribution < 1.29 is 0 Å². The van der Waals surface area contributed by atoms with E-state index in [0.717, 1.165) is 36.4 Å². The van der Waals surface area contributed by atoms with E-state index in [9.17, 15) is 0 Å². The Balaban J connectivity index is 1.56. The van der Waals surface area contributed by atoms with E-state index >= 15 is 0 Å². The summed E-state index contributed by atoms with van der Waals surface area (Å²) >= 11 is 3.42. The van der Waals surface area contributed by atoms with Gasteiger partial charge in [0.15, 0.2) is 0 Å². The van der Waals surface area contributed by atoms with Gasteiger partial charge in [-0.15, -0.1) is 0 Å². The van der Waals surface area contributed by atoms with Crippen LogP contribution in [0.5, 0.6) is 0 Å². The van der Waals surface area contributed by atoms with Crippen molar-refractivity contribution in [3.05, 3.63) is 46.7 Å². The van der Waals surface area contributed by atoms with Crippen LogP contribution >= 0.6 is 15.9 Å². The van der Waals surface area contributed by atoms with E-state index in [1.165, 1.54) is 12.2 Å². The van der Waals surface area contributed by atoms with Crippen LogP contribution in [0.25, 0.3) is 0 Å². The van der Waals surface area contributed by atoms with Gasteiger partial charge < -0.3 is 9.47 Å². The van der Waals surface area contributed by atoms with Gasteiger partial charge in [-0.05, 0) is 47.4 Å². The number of fused-ring (bicyclic) bond motifs is 1. The molecule has 0 bridgehead atoms. The van der Waals surface area contributed by atoms with Crippen molar-refractivity contribution in [2.45, 2.75) is 25.9 Å². The zero-order valence-corrected chi connectivity index (χ0v) is 13.3. The molecule has 5 heteroatoms. The van der Waals surface area contributed by atoms with Crippen LogP contribution in [0.4, 0.5) is 0 Å². The first-order chi connectivity index (χ1) is 9.70. The van der Waals surface area contributed by atoms with Gasteiger partial charge in [-0.2, -0.15) is 0 Å². The first-order valence-electron chi connectivity index (χ1n) is 7.00. The lowest BCUT2D eigenvalue weighted by atomic mass is 9.99. The Hall–Kier alpha value is -1.20. The molecule has 1 aliphatic rings. The van der Waals surface area contributed by atoms with Crippen molar-refractivity contribution in [1.82, 2.24) is 19.4 Å². The number of imidazole rings is 1. The number of halogens is 1. The smallest absolute Gasteiger partial charge is 0.108 e. The maximum atomic E-state index is 4.49. The molecule has 2 aromatic heterocycles. The highest BCUT2D eigenvalue weighted by Crippen LogP contribution is 2.20. The van der Waals surface area contributed by atoms with Gasteiger partial charge in [0, 0.05) is 38.4 Å². The van der Waals surface area contributed by atoms with Crippen LogP contribution in [0.3, 0.4) is 0 Å². The third-order valence-corrected chi connectivity index (χ3v) is 4.25. The summed E-state index contributed by atoms with van der Waals surface area (Å²) in [5.74, 6) is 1.94. The largest absolute Gasteiger partial charge is 0.335 e. The van der Waals surface area contributed by atoms with Gasteiger partial charge in [-0.3, -0.25) is 0 Å². The Morgan fingerprint density at radius 3 is 3.20 bits per heavy atom. The summed E-state index contributed by atoms with van der Waals surface area (Å²) in [5, 5.41) is 0. The SMILES string of the molecule is CN(Cc1cccc(Br)n1)CC1CCc2nccn2C1. The number of rotatable bonds is 4. The minimum absolute atomic E-state index is 0.703. The lowest BCUT2D eigenvalue weighted by Crippen LogP contribution is -2.31. The fraction of sp³-hybridized carbons (Fsp3) is 0.467. The summed E-state index contributed by atoms with van der Waals surface area (Å²) in [7, 11) is 2.17. The third kappa shape index (κ3) is 3.27. The van der Waals surface area contributed by atoms with Crippen LogP contribution in [-0.4, -0.2) is 33.0 Å². The van der Waals surface area contributed by atoms with Crippen LogP contribution in [0.2, 0.25) is 0 Å². The van der Waals surface area contributed by atoms with Gasteiger partial charge in [-0.1, -0.05) is 6.07 Å². The number of nitrogens with zero attached hydrogens (tertiary/aromatic N) is 4. The highest BCUT2D eigenvalue weighted by Gasteiger charge is 2.20. The maximum absolute atomic E-state index is 4.49. The average molecular weight is 335 g/mol. The predicted molar refractivity (Wildman–Crippen MR) is 82.3 cm³/mol. The lowest BCUT2D eigenvalue weighted by Gasteiger charge is -2.28. The molecule has 106 valence electrons. The number of aryl methyl sites for hydroxylation is 1. The summed E-state index contributed by atoms with van der Waals surface area (Å²) in [5.41, 5.74) is 1.11. The van der Waals surface area contributed by atoms with Gasteiger partial charge in [0.05, 0.1) is 5.69 Å². The van der Waals surface area contributed by atoms with E-state index in [1.807, 2.05) is 18.3 Å². The molecule has 1 unspecified atom stereocenters.